The molecule has 0 aliphatic heterocycles. The Kier molecular flexibility index (Phi) is 3.64. The van der Waals surface area contributed by atoms with Gasteiger partial charge >= 0.3 is 0 Å². The standard InChI is InChI=1S/C17H20O3/c1-11(18)13-10-9-12-5-2-3-6-14(12)17(13)20-16-8-4-7-15(16)19/h2-3,5-6,9-11,15-16,18-19H,4,7-8H2,1H3/t11-,15?,16?/m1/s1. The van der Waals surface area contributed by atoms with Gasteiger partial charge in [-0.15, -0.1) is 0 Å². The summed E-state index contributed by atoms with van der Waals surface area (Å²) in [7, 11) is 0. The molecule has 2 N–H and O–H groups in total. The predicted molar refractivity (Wildman–Crippen MR) is 78.9 cm³/mol. The van der Waals surface area contributed by atoms with Crippen molar-refractivity contribution in [1.82, 2.24) is 0 Å². The highest BCUT2D eigenvalue weighted by Crippen LogP contribution is 2.36. The lowest BCUT2D eigenvalue weighted by Gasteiger charge is -2.22. The highest BCUT2D eigenvalue weighted by molar-refractivity contribution is 5.89. The molecule has 1 saturated carbocycles. The number of hydrogen-bond acceptors (Lipinski definition) is 3. The van der Waals surface area contributed by atoms with Crippen LogP contribution in [0.1, 0.15) is 37.9 Å². The number of fused-ring (bicyclic) bond motifs is 1. The Morgan fingerprint density at radius 1 is 1.15 bits per heavy atom. The molecule has 20 heavy (non-hydrogen) atoms. The van der Waals surface area contributed by atoms with Gasteiger partial charge in [0.1, 0.15) is 11.9 Å². The average molecular weight is 272 g/mol. The summed E-state index contributed by atoms with van der Waals surface area (Å²) in [6, 6.07) is 11.9. The molecule has 0 heterocycles. The second-order valence-electron chi connectivity index (χ2n) is 5.54. The van der Waals surface area contributed by atoms with E-state index in [1.165, 1.54) is 0 Å². The number of hydrogen-bond donors (Lipinski definition) is 2. The van der Waals surface area contributed by atoms with Crippen molar-refractivity contribution < 1.29 is 14.9 Å². The van der Waals surface area contributed by atoms with E-state index in [1.54, 1.807) is 6.92 Å². The molecule has 1 aliphatic carbocycles. The minimum atomic E-state index is -0.590. The van der Waals surface area contributed by atoms with E-state index < -0.39 is 12.2 Å². The fraction of sp³-hybridized carbons (Fsp3) is 0.412. The second-order valence-corrected chi connectivity index (χ2v) is 5.54. The van der Waals surface area contributed by atoms with Gasteiger partial charge in [-0.05, 0) is 31.6 Å². The molecule has 3 nitrogen and oxygen atoms in total. The lowest BCUT2D eigenvalue weighted by molar-refractivity contribution is 0.0588. The predicted octanol–water partition coefficient (Wildman–Crippen LogP) is 3.19. The van der Waals surface area contributed by atoms with E-state index >= 15 is 0 Å². The number of rotatable bonds is 3. The zero-order valence-electron chi connectivity index (χ0n) is 11.6. The summed E-state index contributed by atoms with van der Waals surface area (Å²) in [4.78, 5) is 0. The monoisotopic (exact) mass is 272 g/mol. The highest BCUT2D eigenvalue weighted by Gasteiger charge is 2.28. The maximum Gasteiger partial charge on any atom is 0.133 e. The van der Waals surface area contributed by atoms with Gasteiger partial charge in [0, 0.05) is 10.9 Å². The fourth-order valence-corrected chi connectivity index (χ4v) is 2.92. The minimum Gasteiger partial charge on any atom is -0.487 e. The van der Waals surface area contributed by atoms with Crippen LogP contribution in [0.2, 0.25) is 0 Å². The first-order chi connectivity index (χ1) is 9.66. The second kappa shape index (κ2) is 5.43. The van der Waals surface area contributed by atoms with Crippen molar-refractivity contribution in [3.63, 3.8) is 0 Å². The van der Waals surface area contributed by atoms with Crippen LogP contribution in [0.3, 0.4) is 0 Å². The highest BCUT2D eigenvalue weighted by atomic mass is 16.5. The smallest absolute Gasteiger partial charge is 0.133 e. The van der Waals surface area contributed by atoms with Crippen molar-refractivity contribution in [2.75, 3.05) is 0 Å². The van der Waals surface area contributed by atoms with Crippen LogP contribution in [-0.4, -0.2) is 22.4 Å². The SMILES string of the molecule is C[C@@H](O)c1ccc2ccccc2c1OC1CCCC1O. The summed E-state index contributed by atoms with van der Waals surface area (Å²) in [5, 5.41) is 22.0. The van der Waals surface area contributed by atoms with Gasteiger partial charge in [0.15, 0.2) is 0 Å². The van der Waals surface area contributed by atoms with Crippen molar-refractivity contribution in [3.8, 4) is 5.75 Å². The molecule has 0 amide bonds. The van der Waals surface area contributed by atoms with Gasteiger partial charge in [-0.3, -0.25) is 0 Å². The molecule has 2 unspecified atom stereocenters. The summed E-state index contributed by atoms with van der Waals surface area (Å²) in [6.07, 6.45) is 1.48. The van der Waals surface area contributed by atoms with Crippen LogP contribution in [0.25, 0.3) is 10.8 Å². The quantitative estimate of drug-likeness (QED) is 0.902. The van der Waals surface area contributed by atoms with Gasteiger partial charge in [-0.1, -0.05) is 36.4 Å². The topological polar surface area (TPSA) is 49.7 Å². The van der Waals surface area contributed by atoms with Gasteiger partial charge in [-0.25, -0.2) is 0 Å². The molecular weight excluding hydrogens is 252 g/mol. The van der Waals surface area contributed by atoms with Gasteiger partial charge in [0.25, 0.3) is 0 Å². The number of benzene rings is 2. The molecule has 0 saturated heterocycles. The first-order valence-corrected chi connectivity index (χ1v) is 7.21. The van der Waals surface area contributed by atoms with Crippen LogP contribution in [0, 0.1) is 0 Å². The third-order valence-electron chi connectivity index (χ3n) is 4.05. The third-order valence-corrected chi connectivity index (χ3v) is 4.05. The van der Waals surface area contributed by atoms with Crippen LogP contribution < -0.4 is 4.74 Å². The average Bonchev–Trinajstić information content (AvgIpc) is 2.84. The molecule has 3 atom stereocenters. The van der Waals surface area contributed by atoms with E-state index in [9.17, 15) is 10.2 Å². The Hall–Kier alpha value is -1.58. The lowest BCUT2D eigenvalue weighted by Crippen LogP contribution is -2.26. The lowest BCUT2D eigenvalue weighted by atomic mass is 10.0. The van der Waals surface area contributed by atoms with E-state index in [-0.39, 0.29) is 6.10 Å². The summed E-state index contributed by atoms with van der Waals surface area (Å²) < 4.78 is 6.08. The first kappa shape index (κ1) is 13.4. The number of ether oxygens (including phenoxy) is 1. The summed E-state index contributed by atoms with van der Waals surface area (Å²) in [5.41, 5.74) is 0.780. The largest absolute Gasteiger partial charge is 0.487 e. The maximum absolute atomic E-state index is 9.96. The Balaban J connectivity index is 2.07. The fourth-order valence-electron chi connectivity index (χ4n) is 2.92. The first-order valence-electron chi connectivity index (χ1n) is 7.21. The Bertz CT molecular complexity index is 606. The van der Waals surface area contributed by atoms with Crippen LogP contribution in [0.5, 0.6) is 5.75 Å². The molecule has 3 heteroatoms. The Labute approximate surface area is 118 Å². The Morgan fingerprint density at radius 2 is 1.95 bits per heavy atom. The normalized spacial score (nSPS) is 23.9. The Morgan fingerprint density at radius 3 is 2.65 bits per heavy atom. The zero-order chi connectivity index (χ0) is 14.1. The van der Waals surface area contributed by atoms with Crippen LogP contribution in [-0.2, 0) is 0 Å². The molecule has 0 radical (unpaired) electrons. The van der Waals surface area contributed by atoms with Crippen molar-refractivity contribution in [2.45, 2.75) is 44.5 Å². The molecule has 1 aliphatic rings. The molecule has 0 bridgehead atoms. The van der Waals surface area contributed by atoms with Gasteiger partial charge < -0.3 is 14.9 Å². The summed E-state index contributed by atoms with van der Waals surface area (Å²) in [5.74, 6) is 0.712. The number of aliphatic hydroxyl groups is 2. The van der Waals surface area contributed by atoms with Crippen LogP contribution >= 0.6 is 0 Å². The van der Waals surface area contributed by atoms with Crippen molar-refractivity contribution in [3.05, 3.63) is 42.0 Å². The van der Waals surface area contributed by atoms with E-state index in [4.69, 9.17) is 4.74 Å². The maximum atomic E-state index is 9.96. The van der Waals surface area contributed by atoms with Crippen molar-refractivity contribution in [1.29, 1.82) is 0 Å². The van der Waals surface area contributed by atoms with E-state index in [2.05, 4.69) is 0 Å². The molecule has 3 rings (SSSR count). The van der Waals surface area contributed by atoms with Gasteiger partial charge in [0.2, 0.25) is 0 Å². The van der Waals surface area contributed by atoms with Crippen molar-refractivity contribution in [2.24, 2.45) is 0 Å². The summed E-state index contributed by atoms with van der Waals surface area (Å²) in [6.45, 7) is 1.74. The molecule has 0 spiro atoms. The third kappa shape index (κ3) is 2.39. The zero-order valence-corrected chi connectivity index (χ0v) is 11.6. The molecular formula is C17H20O3. The van der Waals surface area contributed by atoms with Gasteiger partial charge in [-0.2, -0.15) is 0 Å². The van der Waals surface area contributed by atoms with E-state index in [0.717, 1.165) is 35.6 Å². The van der Waals surface area contributed by atoms with Crippen LogP contribution in [0.4, 0.5) is 0 Å². The van der Waals surface area contributed by atoms with Gasteiger partial charge in [0.05, 0.1) is 12.2 Å². The molecule has 106 valence electrons. The van der Waals surface area contributed by atoms with Crippen molar-refractivity contribution >= 4 is 10.8 Å². The molecule has 2 aromatic carbocycles. The van der Waals surface area contributed by atoms with E-state index in [1.807, 2.05) is 36.4 Å². The van der Waals surface area contributed by atoms with E-state index in [0.29, 0.717) is 5.75 Å². The molecule has 0 aromatic heterocycles. The summed E-state index contributed by atoms with van der Waals surface area (Å²) >= 11 is 0. The number of aliphatic hydroxyl groups excluding tert-OH is 2. The molecule has 2 aromatic rings. The molecule has 1 fully saturated rings. The van der Waals surface area contributed by atoms with Crippen LogP contribution in [0.15, 0.2) is 36.4 Å². The minimum absolute atomic E-state index is 0.168.